The molecule has 0 aliphatic heterocycles. The van der Waals surface area contributed by atoms with Crippen LogP contribution in [0.25, 0.3) is 0 Å². The van der Waals surface area contributed by atoms with E-state index < -0.39 is 5.82 Å². The van der Waals surface area contributed by atoms with Gasteiger partial charge in [0.05, 0.1) is 24.0 Å². The van der Waals surface area contributed by atoms with Crippen molar-refractivity contribution >= 4 is 35.0 Å². The predicted octanol–water partition coefficient (Wildman–Crippen LogP) is 4.86. The molecule has 0 saturated heterocycles. The number of amides is 1. The van der Waals surface area contributed by atoms with Crippen LogP contribution in [0.2, 0.25) is 5.02 Å². The van der Waals surface area contributed by atoms with Gasteiger partial charge in [-0.05, 0) is 41.6 Å². The zero-order valence-electron chi connectivity index (χ0n) is 15.9. The number of nitrogens with one attached hydrogen (secondary N) is 1. The fourth-order valence-corrected chi connectivity index (χ4v) is 3.87. The molecule has 0 atom stereocenters. The number of rotatable bonds is 6. The van der Waals surface area contributed by atoms with Crippen LogP contribution in [-0.2, 0) is 13.6 Å². The second-order valence-corrected chi connectivity index (χ2v) is 7.95. The van der Waals surface area contributed by atoms with E-state index in [0.717, 1.165) is 10.7 Å². The van der Waals surface area contributed by atoms with Crippen LogP contribution in [0, 0.1) is 5.82 Å². The molecule has 0 unspecified atom stereocenters. The van der Waals surface area contributed by atoms with Crippen molar-refractivity contribution in [2.24, 2.45) is 7.05 Å². The molecule has 2 aromatic heterocycles. The smallest absolute Gasteiger partial charge is 0.258 e. The van der Waals surface area contributed by atoms with E-state index in [4.69, 9.17) is 11.6 Å². The van der Waals surface area contributed by atoms with Gasteiger partial charge >= 0.3 is 0 Å². The van der Waals surface area contributed by atoms with E-state index >= 15 is 0 Å². The van der Waals surface area contributed by atoms with Crippen molar-refractivity contribution in [1.82, 2.24) is 19.3 Å². The van der Waals surface area contributed by atoms with Gasteiger partial charge in [0, 0.05) is 35.6 Å². The molecule has 2 aromatic carbocycles. The van der Waals surface area contributed by atoms with Gasteiger partial charge in [0.2, 0.25) is 0 Å². The van der Waals surface area contributed by atoms with Crippen molar-refractivity contribution < 1.29 is 9.18 Å². The third-order valence-corrected chi connectivity index (χ3v) is 5.87. The summed E-state index contributed by atoms with van der Waals surface area (Å²) < 4.78 is 17.3. The van der Waals surface area contributed by atoms with E-state index in [-0.39, 0.29) is 5.91 Å². The number of hydrogen-bond donors (Lipinski definition) is 1. The number of anilines is 1. The SMILES string of the molecule is Cn1ccnc1Sc1ccc(F)cc1NC(=O)c1cnn(Cc2ccccc2Cl)c1. The summed E-state index contributed by atoms with van der Waals surface area (Å²) in [5.74, 6) is -0.823. The molecule has 1 N–H and O–H groups in total. The molecule has 0 saturated carbocycles. The number of imidazole rings is 1. The van der Waals surface area contributed by atoms with E-state index in [1.165, 1.54) is 30.1 Å². The van der Waals surface area contributed by atoms with E-state index in [1.807, 2.05) is 36.0 Å². The largest absolute Gasteiger partial charge is 0.329 e. The highest BCUT2D eigenvalue weighted by Gasteiger charge is 2.15. The van der Waals surface area contributed by atoms with Gasteiger partial charge in [-0.1, -0.05) is 29.8 Å². The molecule has 2 heterocycles. The van der Waals surface area contributed by atoms with Gasteiger partial charge in [0.1, 0.15) is 5.82 Å². The third kappa shape index (κ3) is 4.55. The maximum atomic E-state index is 13.8. The molecule has 9 heteroatoms. The van der Waals surface area contributed by atoms with Crippen molar-refractivity contribution in [3.8, 4) is 0 Å². The fraction of sp³-hybridized carbons (Fsp3) is 0.0952. The summed E-state index contributed by atoms with van der Waals surface area (Å²) >= 11 is 7.52. The molecule has 0 aliphatic rings. The zero-order valence-corrected chi connectivity index (χ0v) is 17.5. The Morgan fingerprint density at radius 1 is 1.27 bits per heavy atom. The first-order valence-electron chi connectivity index (χ1n) is 9.01. The second kappa shape index (κ2) is 8.73. The van der Waals surface area contributed by atoms with Gasteiger partial charge < -0.3 is 9.88 Å². The van der Waals surface area contributed by atoms with Gasteiger partial charge in [0.25, 0.3) is 5.91 Å². The lowest BCUT2D eigenvalue weighted by atomic mass is 10.2. The average molecular weight is 442 g/mol. The van der Waals surface area contributed by atoms with E-state index in [9.17, 15) is 9.18 Å². The number of aromatic nitrogens is 4. The summed E-state index contributed by atoms with van der Waals surface area (Å²) in [5.41, 5.74) is 1.62. The van der Waals surface area contributed by atoms with Crippen LogP contribution in [0.3, 0.4) is 0 Å². The number of halogens is 2. The molecule has 0 radical (unpaired) electrons. The Bertz CT molecular complexity index is 1210. The Morgan fingerprint density at radius 2 is 2.10 bits per heavy atom. The molecule has 0 fully saturated rings. The first kappa shape index (κ1) is 20.2. The summed E-state index contributed by atoms with van der Waals surface area (Å²) in [6.07, 6.45) is 6.59. The molecule has 0 bridgehead atoms. The van der Waals surface area contributed by atoms with Crippen LogP contribution in [0.4, 0.5) is 10.1 Å². The Morgan fingerprint density at radius 3 is 2.87 bits per heavy atom. The van der Waals surface area contributed by atoms with Gasteiger partial charge in [-0.3, -0.25) is 9.48 Å². The molecular formula is C21H17ClFN5OS. The maximum Gasteiger partial charge on any atom is 0.258 e. The minimum atomic E-state index is -0.441. The summed E-state index contributed by atoms with van der Waals surface area (Å²) in [7, 11) is 1.87. The number of hydrogen-bond acceptors (Lipinski definition) is 4. The lowest BCUT2D eigenvalue weighted by molar-refractivity contribution is 0.102. The quantitative estimate of drug-likeness (QED) is 0.464. The zero-order chi connectivity index (χ0) is 21.1. The highest BCUT2D eigenvalue weighted by Crippen LogP contribution is 2.33. The summed E-state index contributed by atoms with van der Waals surface area (Å²) in [5, 5.41) is 8.36. The molecule has 30 heavy (non-hydrogen) atoms. The van der Waals surface area contributed by atoms with Crippen LogP contribution in [0.15, 0.2) is 77.3 Å². The molecule has 4 aromatic rings. The second-order valence-electron chi connectivity index (χ2n) is 6.54. The third-order valence-electron chi connectivity index (χ3n) is 4.35. The van der Waals surface area contributed by atoms with Crippen LogP contribution < -0.4 is 5.32 Å². The van der Waals surface area contributed by atoms with Crippen molar-refractivity contribution in [1.29, 1.82) is 0 Å². The van der Waals surface area contributed by atoms with Crippen LogP contribution in [0.5, 0.6) is 0 Å². The molecule has 4 rings (SSSR count). The van der Waals surface area contributed by atoms with Crippen molar-refractivity contribution in [3.63, 3.8) is 0 Å². The Balaban J connectivity index is 1.52. The summed E-state index contributed by atoms with van der Waals surface area (Å²) in [6.45, 7) is 0.438. The van der Waals surface area contributed by atoms with Crippen LogP contribution in [-0.4, -0.2) is 25.2 Å². The lowest BCUT2D eigenvalue weighted by Gasteiger charge is -2.10. The lowest BCUT2D eigenvalue weighted by Crippen LogP contribution is -2.12. The fourth-order valence-electron chi connectivity index (χ4n) is 2.80. The standard InChI is InChI=1S/C21H17ClFN5OS/c1-27-9-8-24-21(27)30-19-7-6-16(23)10-18(19)26-20(29)15-11-25-28(13-15)12-14-4-2-3-5-17(14)22/h2-11,13H,12H2,1H3,(H,26,29). The highest BCUT2D eigenvalue weighted by atomic mass is 35.5. The van der Waals surface area contributed by atoms with Gasteiger partial charge in [-0.15, -0.1) is 0 Å². The normalized spacial score (nSPS) is 10.9. The molecule has 0 spiro atoms. The molecular weight excluding hydrogens is 425 g/mol. The molecule has 6 nitrogen and oxygen atoms in total. The molecule has 152 valence electrons. The van der Waals surface area contributed by atoms with Crippen molar-refractivity contribution in [3.05, 3.63) is 89.2 Å². The minimum absolute atomic E-state index is 0.360. The highest BCUT2D eigenvalue weighted by molar-refractivity contribution is 7.99. The van der Waals surface area contributed by atoms with Gasteiger partial charge in [-0.2, -0.15) is 5.10 Å². The van der Waals surface area contributed by atoms with Gasteiger partial charge in [0.15, 0.2) is 5.16 Å². The van der Waals surface area contributed by atoms with Crippen molar-refractivity contribution in [2.45, 2.75) is 16.6 Å². The van der Waals surface area contributed by atoms with E-state index in [2.05, 4.69) is 15.4 Å². The van der Waals surface area contributed by atoms with Crippen LogP contribution in [0.1, 0.15) is 15.9 Å². The monoisotopic (exact) mass is 441 g/mol. The number of nitrogens with zero attached hydrogens (tertiary/aromatic N) is 4. The Hall–Kier alpha value is -3.10. The van der Waals surface area contributed by atoms with Gasteiger partial charge in [-0.25, -0.2) is 9.37 Å². The predicted molar refractivity (Wildman–Crippen MR) is 114 cm³/mol. The number of benzene rings is 2. The summed E-state index contributed by atoms with van der Waals surface area (Å²) in [4.78, 5) is 17.7. The average Bonchev–Trinajstić information content (AvgIpc) is 3.35. The van der Waals surface area contributed by atoms with E-state index in [1.54, 1.807) is 29.2 Å². The number of carbonyl (C=O) groups excluding carboxylic acids is 1. The van der Waals surface area contributed by atoms with E-state index in [0.29, 0.717) is 27.7 Å². The summed E-state index contributed by atoms with van der Waals surface area (Å²) in [6, 6.07) is 11.7. The maximum absolute atomic E-state index is 13.8. The number of carbonyl (C=O) groups is 1. The molecule has 1 amide bonds. The Labute approximate surface area is 181 Å². The Kier molecular flexibility index (Phi) is 5.87. The van der Waals surface area contributed by atoms with Crippen LogP contribution >= 0.6 is 23.4 Å². The molecule has 0 aliphatic carbocycles. The first-order valence-corrected chi connectivity index (χ1v) is 10.2. The topological polar surface area (TPSA) is 64.7 Å². The first-order chi connectivity index (χ1) is 14.5. The van der Waals surface area contributed by atoms with Crippen molar-refractivity contribution in [2.75, 3.05) is 5.32 Å². The number of aryl methyl sites for hydroxylation is 1. The minimum Gasteiger partial charge on any atom is -0.329 e.